The summed E-state index contributed by atoms with van der Waals surface area (Å²) in [5.74, 6) is 0.532. The van der Waals surface area contributed by atoms with Crippen molar-refractivity contribution in [3.63, 3.8) is 0 Å². The quantitative estimate of drug-likeness (QED) is 0.720. The smallest absolute Gasteiger partial charge is 0.319 e. The Hall–Kier alpha value is -1.95. The molecule has 7 heteroatoms. The highest BCUT2D eigenvalue weighted by Gasteiger charge is 2.11. The van der Waals surface area contributed by atoms with E-state index in [1.54, 1.807) is 18.2 Å². The normalized spacial score (nSPS) is 10.2. The number of urea groups is 1. The lowest BCUT2D eigenvalue weighted by Gasteiger charge is -2.13. The first-order valence-electron chi connectivity index (χ1n) is 7.16. The van der Waals surface area contributed by atoms with Gasteiger partial charge in [-0.2, -0.15) is 0 Å². The van der Waals surface area contributed by atoms with Gasteiger partial charge in [0.1, 0.15) is 0 Å². The molecule has 1 rings (SSSR count). The van der Waals surface area contributed by atoms with Crippen molar-refractivity contribution in [1.29, 1.82) is 0 Å². The number of carbonyl (C=O) groups excluding carboxylic acids is 2. The zero-order valence-electron chi connectivity index (χ0n) is 13.0. The number of rotatable bonds is 7. The maximum absolute atomic E-state index is 11.8. The van der Waals surface area contributed by atoms with Crippen LogP contribution in [0, 0.1) is 5.92 Å². The lowest BCUT2D eigenvalue weighted by atomic mass is 10.2. The van der Waals surface area contributed by atoms with Crippen molar-refractivity contribution >= 4 is 29.2 Å². The van der Waals surface area contributed by atoms with Crippen LogP contribution in [0.3, 0.4) is 0 Å². The summed E-state index contributed by atoms with van der Waals surface area (Å²) in [6, 6.07) is 4.56. The first-order chi connectivity index (χ1) is 10.4. The van der Waals surface area contributed by atoms with Crippen LogP contribution < -0.4 is 20.7 Å². The van der Waals surface area contributed by atoms with E-state index in [1.165, 1.54) is 0 Å². The number of hydrogen-bond donors (Lipinski definition) is 3. The van der Waals surface area contributed by atoms with Crippen molar-refractivity contribution < 1.29 is 14.3 Å². The van der Waals surface area contributed by atoms with Crippen molar-refractivity contribution in [2.75, 3.05) is 25.0 Å². The van der Waals surface area contributed by atoms with Crippen LogP contribution in [0.5, 0.6) is 5.75 Å². The van der Waals surface area contributed by atoms with Gasteiger partial charge in [0, 0.05) is 6.54 Å². The summed E-state index contributed by atoms with van der Waals surface area (Å²) in [5.41, 5.74) is 0.453. The second-order valence-electron chi connectivity index (χ2n) is 5.06. The molecule has 0 saturated heterocycles. The maximum Gasteiger partial charge on any atom is 0.319 e. The average Bonchev–Trinajstić information content (AvgIpc) is 2.46. The van der Waals surface area contributed by atoms with Gasteiger partial charge in [0.2, 0.25) is 5.91 Å². The number of halogens is 1. The van der Waals surface area contributed by atoms with E-state index in [2.05, 4.69) is 16.0 Å². The van der Waals surface area contributed by atoms with Crippen molar-refractivity contribution in [1.82, 2.24) is 10.6 Å². The van der Waals surface area contributed by atoms with Gasteiger partial charge in [0.05, 0.1) is 23.9 Å². The Labute approximate surface area is 135 Å². The molecule has 0 fully saturated rings. The van der Waals surface area contributed by atoms with Crippen LogP contribution in [0.15, 0.2) is 18.2 Å². The summed E-state index contributed by atoms with van der Waals surface area (Å²) in [6.07, 6.45) is 0. The molecule has 1 aromatic carbocycles. The lowest BCUT2D eigenvalue weighted by molar-refractivity contribution is -0.120. The molecule has 0 aromatic heterocycles. The van der Waals surface area contributed by atoms with E-state index in [-0.39, 0.29) is 12.5 Å². The number of benzene rings is 1. The fraction of sp³-hybridized carbons (Fsp3) is 0.467. The number of ether oxygens (including phenoxy) is 1. The molecule has 3 N–H and O–H groups in total. The van der Waals surface area contributed by atoms with Crippen LogP contribution in [0.1, 0.15) is 20.8 Å². The summed E-state index contributed by atoms with van der Waals surface area (Å²) in [5, 5.41) is 8.23. The number of para-hydroxylation sites is 1. The van der Waals surface area contributed by atoms with Crippen LogP contribution in [-0.4, -0.2) is 31.6 Å². The lowest BCUT2D eigenvalue weighted by Crippen LogP contribution is -2.40. The zero-order chi connectivity index (χ0) is 16.5. The minimum absolute atomic E-state index is 0.0942. The number of amides is 3. The predicted octanol–water partition coefficient (Wildman–Crippen LogP) is 2.63. The third-order valence-electron chi connectivity index (χ3n) is 2.62. The molecular weight excluding hydrogens is 306 g/mol. The van der Waals surface area contributed by atoms with Crippen LogP contribution in [0.25, 0.3) is 0 Å². The van der Waals surface area contributed by atoms with Crippen molar-refractivity contribution in [2.45, 2.75) is 20.8 Å². The third-order valence-corrected chi connectivity index (χ3v) is 2.92. The van der Waals surface area contributed by atoms with Crippen LogP contribution in [0.2, 0.25) is 5.02 Å². The van der Waals surface area contributed by atoms with E-state index < -0.39 is 6.03 Å². The minimum Gasteiger partial charge on any atom is -0.490 e. The number of carbonyl (C=O) groups is 2. The molecule has 0 bridgehead atoms. The van der Waals surface area contributed by atoms with Gasteiger partial charge in [-0.15, -0.1) is 0 Å². The molecule has 6 nitrogen and oxygen atoms in total. The van der Waals surface area contributed by atoms with Crippen LogP contribution in [0.4, 0.5) is 10.5 Å². The summed E-state index contributed by atoms with van der Waals surface area (Å²) in [6.45, 7) is 6.72. The molecule has 22 heavy (non-hydrogen) atoms. The highest BCUT2D eigenvalue weighted by Crippen LogP contribution is 2.32. The van der Waals surface area contributed by atoms with Crippen molar-refractivity contribution in [2.24, 2.45) is 5.92 Å². The zero-order valence-corrected chi connectivity index (χ0v) is 13.8. The fourth-order valence-corrected chi connectivity index (χ4v) is 1.83. The van der Waals surface area contributed by atoms with Gasteiger partial charge in [-0.25, -0.2) is 4.79 Å². The van der Waals surface area contributed by atoms with E-state index >= 15 is 0 Å². The van der Waals surface area contributed by atoms with Gasteiger partial charge in [0.15, 0.2) is 5.75 Å². The van der Waals surface area contributed by atoms with Crippen molar-refractivity contribution in [3.8, 4) is 5.75 Å². The summed E-state index contributed by atoms with van der Waals surface area (Å²) in [7, 11) is 0. The monoisotopic (exact) mass is 327 g/mol. The van der Waals surface area contributed by atoms with E-state index in [4.69, 9.17) is 16.3 Å². The van der Waals surface area contributed by atoms with Crippen molar-refractivity contribution in [3.05, 3.63) is 23.2 Å². The molecule has 3 amide bonds. The molecule has 0 aliphatic rings. The Kier molecular flexibility index (Phi) is 7.52. The fourth-order valence-electron chi connectivity index (χ4n) is 1.61. The Bertz CT molecular complexity index is 521. The van der Waals surface area contributed by atoms with Gasteiger partial charge in [-0.05, 0) is 25.0 Å². The van der Waals surface area contributed by atoms with E-state index in [9.17, 15) is 9.59 Å². The van der Waals surface area contributed by atoms with E-state index in [1.807, 2.05) is 20.8 Å². The molecule has 0 saturated carbocycles. The molecule has 0 atom stereocenters. The molecule has 0 aliphatic heterocycles. The summed E-state index contributed by atoms with van der Waals surface area (Å²) < 4.78 is 5.41. The summed E-state index contributed by atoms with van der Waals surface area (Å²) in [4.78, 5) is 23.4. The maximum atomic E-state index is 11.8. The van der Waals surface area contributed by atoms with Gasteiger partial charge >= 0.3 is 6.03 Å². The van der Waals surface area contributed by atoms with E-state index in [0.717, 1.165) is 0 Å². The SMILES string of the molecule is CCOc1c(Cl)cccc1NC(=O)NCC(=O)NCC(C)C. The highest BCUT2D eigenvalue weighted by molar-refractivity contribution is 6.32. The molecule has 0 aliphatic carbocycles. The van der Waals surface area contributed by atoms with Crippen LogP contribution >= 0.6 is 11.6 Å². The molecule has 0 heterocycles. The molecule has 1 aromatic rings. The number of hydrogen-bond acceptors (Lipinski definition) is 3. The topological polar surface area (TPSA) is 79.5 Å². The van der Waals surface area contributed by atoms with E-state index in [0.29, 0.717) is 35.5 Å². The Morgan fingerprint density at radius 2 is 2.00 bits per heavy atom. The molecule has 0 unspecified atom stereocenters. The number of nitrogens with one attached hydrogen (secondary N) is 3. The van der Waals surface area contributed by atoms with Crippen LogP contribution in [-0.2, 0) is 4.79 Å². The Morgan fingerprint density at radius 3 is 2.64 bits per heavy atom. The molecule has 0 radical (unpaired) electrons. The minimum atomic E-state index is -0.497. The predicted molar refractivity (Wildman–Crippen MR) is 87.5 cm³/mol. The third kappa shape index (κ3) is 6.22. The van der Waals surface area contributed by atoms with Gasteiger partial charge < -0.3 is 20.7 Å². The second kappa shape index (κ2) is 9.15. The van der Waals surface area contributed by atoms with Gasteiger partial charge in [0.25, 0.3) is 0 Å². The first-order valence-corrected chi connectivity index (χ1v) is 7.54. The highest BCUT2D eigenvalue weighted by atomic mass is 35.5. The molecular formula is C15H22ClN3O3. The summed E-state index contributed by atoms with van der Waals surface area (Å²) >= 11 is 6.03. The second-order valence-corrected chi connectivity index (χ2v) is 5.46. The first kappa shape index (κ1) is 18.1. The number of anilines is 1. The molecule has 122 valence electrons. The Balaban J connectivity index is 2.52. The standard InChI is InChI=1S/C15H22ClN3O3/c1-4-22-14-11(16)6-5-7-12(14)19-15(21)18-9-13(20)17-8-10(2)3/h5-7,10H,4,8-9H2,1-3H3,(H,17,20)(H2,18,19,21). The Morgan fingerprint density at radius 1 is 1.27 bits per heavy atom. The van der Waals surface area contributed by atoms with Gasteiger partial charge in [-0.3, -0.25) is 4.79 Å². The molecule has 0 spiro atoms. The largest absolute Gasteiger partial charge is 0.490 e. The van der Waals surface area contributed by atoms with Gasteiger partial charge in [-0.1, -0.05) is 31.5 Å². The average molecular weight is 328 g/mol.